The van der Waals surface area contributed by atoms with Crippen LogP contribution in [0.3, 0.4) is 0 Å². The van der Waals surface area contributed by atoms with E-state index in [9.17, 15) is 23.3 Å². The van der Waals surface area contributed by atoms with Crippen molar-refractivity contribution in [2.24, 2.45) is 5.92 Å². The average Bonchev–Trinajstić information content (AvgIpc) is 3.16. The molecule has 0 aliphatic carbocycles. The maximum absolute atomic E-state index is 12.5. The third kappa shape index (κ3) is 4.80. The molecule has 1 fully saturated rings. The van der Waals surface area contributed by atoms with Gasteiger partial charge in [-0.3, -0.25) is 14.9 Å². The molecule has 2 heterocycles. The summed E-state index contributed by atoms with van der Waals surface area (Å²) in [4.78, 5) is 27.6. The Bertz CT molecular complexity index is 1030. The number of hydrogen-bond donors (Lipinski definition) is 1. The smallest absolute Gasteiger partial charge is 0.272 e. The normalized spacial score (nSPS) is 15.9. The van der Waals surface area contributed by atoms with E-state index in [4.69, 9.17) is 0 Å². The van der Waals surface area contributed by atoms with E-state index >= 15 is 0 Å². The van der Waals surface area contributed by atoms with Gasteiger partial charge in [0.15, 0.2) is 5.13 Å². The fourth-order valence-corrected chi connectivity index (χ4v) is 5.07. The molecule has 0 saturated carbocycles. The molecular weight excluding hydrogens is 416 g/mol. The minimum Gasteiger partial charge on any atom is -0.302 e. The van der Waals surface area contributed by atoms with E-state index in [0.717, 1.165) is 0 Å². The van der Waals surface area contributed by atoms with Crippen molar-refractivity contribution in [3.05, 3.63) is 39.3 Å². The van der Waals surface area contributed by atoms with Crippen LogP contribution in [0.2, 0.25) is 0 Å². The fraction of sp³-hybridized carbons (Fsp3) is 0.444. The molecule has 2 aromatic rings. The molecule has 1 aliphatic heterocycles. The number of sulfonamides is 1. The first-order valence-corrected chi connectivity index (χ1v) is 11.7. The monoisotopic (exact) mass is 438 g/mol. The first-order valence-electron chi connectivity index (χ1n) is 9.21. The van der Waals surface area contributed by atoms with Crippen molar-refractivity contribution in [3.8, 4) is 11.3 Å². The molecule has 0 unspecified atom stereocenters. The lowest BCUT2D eigenvalue weighted by Crippen LogP contribution is -2.42. The van der Waals surface area contributed by atoms with Crippen LogP contribution in [-0.4, -0.2) is 47.4 Å². The number of nitro groups is 1. The second-order valence-electron chi connectivity index (χ2n) is 6.86. The van der Waals surface area contributed by atoms with Gasteiger partial charge >= 0.3 is 0 Å². The van der Waals surface area contributed by atoms with Gasteiger partial charge in [0.1, 0.15) is 0 Å². The summed E-state index contributed by atoms with van der Waals surface area (Å²) in [6.45, 7) is 3.96. The molecule has 1 N–H and O–H groups in total. The van der Waals surface area contributed by atoms with E-state index < -0.39 is 14.9 Å². The van der Waals surface area contributed by atoms with Gasteiger partial charge in [-0.2, -0.15) is 0 Å². The molecule has 9 nitrogen and oxygen atoms in total. The number of aromatic nitrogens is 1. The fourth-order valence-electron chi connectivity index (χ4n) is 3.22. The van der Waals surface area contributed by atoms with Crippen molar-refractivity contribution in [2.75, 3.05) is 24.2 Å². The molecule has 0 spiro atoms. The van der Waals surface area contributed by atoms with Crippen molar-refractivity contribution in [1.29, 1.82) is 0 Å². The van der Waals surface area contributed by atoms with Gasteiger partial charge in [-0.05, 0) is 26.7 Å². The molecule has 29 heavy (non-hydrogen) atoms. The van der Waals surface area contributed by atoms with Crippen LogP contribution in [-0.2, 0) is 14.8 Å². The Morgan fingerprint density at radius 1 is 1.38 bits per heavy atom. The minimum absolute atomic E-state index is 0.0230. The van der Waals surface area contributed by atoms with Gasteiger partial charge in [-0.15, -0.1) is 11.3 Å². The van der Waals surface area contributed by atoms with Gasteiger partial charge in [0.05, 0.1) is 16.4 Å². The number of rotatable bonds is 6. The van der Waals surface area contributed by atoms with Gasteiger partial charge < -0.3 is 5.32 Å². The van der Waals surface area contributed by atoms with Gasteiger partial charge in [0.25, 0.3) is 5.69 Å². The third-order valence-electron chi connectivity index (χ3n) is 5.02. The Balaban J connectivity index is 1.64. The van der Waals surface area contributed by atoms with Crippen LogP contribution < -0.4 is 5.32 Å². The summed E-state index contributed by atoms with van der Waals surface area (Å²) < 4.78 is 25.3. The molecule has 11 heteroatoms. The number of hydrogen-bond acceptors (Lipinski definition) is 7. The Labute approximate surface area is 173 Å². The Hall–Kier alpha value is -2.37. The van der Waals surface area contributed by atoms with Crippen LogP contribution in [0.15, 0.2) is 23.6 Å². The second kappa shape index (κ2) is 8.56. The molecule has 3 rings (SSSR count). The van der Waals surface area contributed by atoms with Crippen LogP contribution in [0.1, 0.15) is 25.3 Å². The summed E-state index contributed by atoms with van der Waals surface area (Å²) in [5, 5.41) is 16.1. The average molecular weight is 439 g/mol. The summed E-state index contributed by atoms with van der Waals surface area (Å²) in [5.74, 6) is -0.399. The molecule has 1 aromatic carbocycles. The van der Waals surface area contributed by atoms with Crippen LogP contribution >= 0.6 is 11.3 Å². The molecule has 1 aromatic heterocycles. The predicted molar refractivity (Wildman–Crippen MR) is 111 cm³/mol. The quantitative estimate of drug-likeness (QED) is 0.546. The minimum atomic E-state index is -3.23. The van der Waals surface area contributed by atoms with Crippen molar-refractivity contribution in [2.45, 2.75) is 26.7 Å². The molecule has 1 aliphatic rings. The van der Waals surface area contributed by atoms with E-state index in [0.29, 0.717) is 47.9 Å². The number of nitro benzene ring substituents is 1. The molecule has 1 amide bonds. The van der Waals surface area contributed by atoms with E-state index in [1.54, 1.807) is 31.4 Å². The lowest BCUT2D eigenvalue weighted by molar-refractivity contribution is -0.385. The number of nitrogens with one attached hydrogen (secondary N) is 1. The number of aryl methyl sites for hydroxylation is 1. The number of anilines is 1. The number of benzene rings is 1. The lowest BCUT2D eigenvalue weighted by Gasteiger charge is -2.30. The summed E-state index contributed by atoms with van der Waals surface area (Å²) in [5.41, 5.74) is 1.75. The van der Waals surface area contributed by atoms with E-state index in [2.05, 4.69) is 10.3 Å². The lowest BCUT2D eigenvalue weighted by atomic mass is 9.97. The zero-order valence-electron chi connectivity index (χ0n) is 16.1. The van der Waals surface area contributed by atoms with Crippen molar-refractivity contribution < 1.29 is 18.1 Å². The Kier molecular flexibility index (Phi) is 6.30. The van der Waals surface area contributed by atoms with Crippen molar-refractivity contribution in [3.63, 3.8) is 0 Å². The topological polar surface area (TPSA) is 123 Å². The van der Waals surface area contributed by atoms with Crippen molar-refractivity contribution in [1.82, 2.24) is 9.29 Å². The zero-order chi connectivity index (χ0) is 21.2. The molecule has 0 bridgehead atoms. The molecule has 0 radical (unpaired) electrons. The Morgan fingerprint density at radius 2 is 2.07 bits per heavy atom. The molecule has 0 atom stereocenters. The maximum Gasteiger partial charge on any atom is 0.272 e. The van der Waals surface area contributed by atoms with Gasteiger partial charge in [-0.1, -0.05) is 12.1 Å². The number of amides is 1. The van der Waals surface area contributed by atoms with Gasteiger partial charge in [0, 0.05) is 41.6 Å². The highest BCUT2D eigenvalue weighted by atomic mass is 32.2. The van der Waals surface area contributed by atoms with E-state index in [-0.39, 0.29) is 23.3 Å². The van der Waals surface area contributed by atoms with Crippen LogP contribution in [0, 0.1) is 23.0 Å². The zero-order valence-corrected chi connectivity index (χ0v) is 17.8. The molecule has 156 valence electrons. The maximum atomic E-state index is 12.5. The van der Waals surface area contributed by atoms with Crippen LogP contribution in [0.25, 0.3) is 11.3 Å². The van der Waals surface area contributed by atoms with E-state index in [1.165, 1.54) is 21.7 Å². The van der Waals surface area contributed by atoms with Crippen LogP contribution in [0.4, 0.5) is 10.8 Å². The summed E-state index contributed by atoms with van der Waals surface area (Å²) >= 11 is 1.24. The SMILES string of the molecule is CCS(=O)(=O)N1CCC(C(=O)Nc2nc(-c3ccc(C)c([N+](=O)[O-])c3)cs2)CC1. The Morgan fingerprint density at radius 3 is 2.69 bits per heavy atom. The van der Waals surface area contributed by atoms with Crippen LogP contribution in [0.5, 0.6) is 0 Å². The number of nitrogens with zero attached hydrogens (tertiary/aromatic N) is 3. The predicted octanol–water partition coefficient (Wildman–Crippen LogP) is 3.03. The van der Waals surface area contributed by atoms with Crippen molar-refractivity contribution >= 4 is 38.1 Å². The van der Waals surface area contributed by atoms with E-state index in [1.807, 2.05) is 0 Å². The highest BCUT2D eigenvalue weighted by Gasteiger charge is 2.30. The third-order valence-corrected chi connectivity index (χ3v) is 7.66. The number of thiazole rings is 1. The molecular formula is C18H22N4O5S2. The second-order valence-corrected chi connectivity index (χ2v) is 9.98. The first-order chi connectivity index (χ1) is 13.7. The highest BCUT2D eigenvalue weighted by molar-refractivity contribution is 7.89. The summed E-state index contributed by atoms with van der Waals surface area (Å²) in [6, 6.07) is 4.90. The first kappa shape index (κ1) is 21.3. The number of carbonyl (C=O) groups excluding carboxylic acids is 1. The molecule has 1 saturated heterocycles. The highest BCUT2D eigenvalue weighted by Crippen LogP contribution is 2.30. The summed E-state index contributed by atoms with van der Waals surface area (Å²) in [7, 11) is -3.23. The number of piperidine rings is 1. The largest absolute Gasteiger partial charge is 0.302 e. The van der Waals surface area contributed by atoms with Gasteiger partial charge in [-0.25, -0.2) is 17.7 Å². The van der Waals surface area contributed by atoms with Gasteiger partial charge in [0.2, 0.25) is 15.9 Å². The standard InChI is InChI=1S/C18H22N4O5S2/c1-3-29(26,27)21-8-6-13(7-9-21)17(23)20-18-19-15(11-28-18)14-5-4-12(2)16(10-14)22(24)25/h4-5,10-11,13H,3,6-9H2,1-2H3,(H,19,20,23). The summed E-state index contributed by atoms with van der Waals surface area (Å²) in [6.07, 6.45) is 0.931. The number of carbonyl (C=O) groups is 1.